The van der Waals surface area contributed by atoms with Gasteiger partial charge in [-0.2, -0.15) is 0 Å². The summed E-state index contributed by atoms with van der Waals surface area (Å²) in [5.74, 6) is 3.37. The van der Waals surface area contributed by atoms with Gasteiger partial charge in [0, 0.05) is 61.1 Å². The molecule has 19 atom stereocenters. The Morgan fingerprint density at radius 3 is 2.50 bits per heavy atom. The number of guanidine groups is 1. The number of esters is 1. The maximum atomic E-state index is 15.2. The second kappa shape index (κ2) is 21.4. The molecule has 1 saturated heterocycles. The van der Waals surface area contributed by atoms with Gasteiger partial charge in [-0.05, 0) is 161 Å². The Bertz CT molecular complexity index is 2640. The Labute approximate surface area is 448 Å². The average molecular weight is 1050 g/mol. The highest BCUT2D eigenvalue weighted by Crippen LogP contribution is 2.72. The maximum Gasteiger partial charge on any atom is 0.313 e. The normalized spacial score (nSPS) is 42.4. The van der Waals surface area contributed by atoms with E-state index in [0.717, 1.165) is 30.4 Å². The molecule has 4 saturated carbocycles. The third-order valence-corrected chi connectivity index (χ3v) is 21.0. The third kappa shape index (κ3) is 9.58. The number of rotatable bonds is 11. The molecule has 5 fully saturated rings. The van der Waals surface area contributed by atoms with Gasteiger partial charge in [-0.3, -0.25) is 14.4 Å². The number of carbonyl (C=O) groups excluding carboxylic acids is 3. The third-order valence-electron chi connectivity index (χ3n) is 21.0. The fourth-order valence-corrected chi connectivity index (χ4v) is 17.4. The second-order valence-corrected chi connectivity index (χ2v) is 25.3. The molecule has 1 aliphatic heterocycles. The summed E-state index contributed by atoms with van der Waals surface area (Å²) >= 11 is 0. The summed E-state index contributed by atoms with van der Waals surface area (Å²) in [5, 5.41) is 81.7. The number of benzene rings is 1. The Hall–Kier alpha value is -4.82. The smallest absolute Gasteiger partial charge is 0.313 e. The number of hydrogen-bond donors (Lipinski definition) is 10. The Kier molecular flexibility index (Phi) is 15.4. The molecule has 8 aliphatic rings. The van der Waals surface area contributed by atoms with Gasteiger partial charge in [0.15, 0.2) is 11.7 Å². The fraction of sp³-hybridized carbons (Fsp3) is 0.672. The molecule has 2 heterocycles. The number of H-pyrrole nitrogens is 1. The molecule has 2 aromatic rings. The van der Waals surface area contributed by atoms with Gasteiger partial charge in [0.1, 0.15) is 5.78 Å². The van der Waals surface area contributed by atoms with Gasteiger partial charge in [0.2, 0.25) is 0 Å². The number of ether oxygens (including phenoxy) is 1. The number of fused-ring (bicyclic) bond motifs is 10. The predicted molar refractivity (Wildman–Crippen MR) is 286 cm³/mol. The zero-order valence-electron chi connectivity index (χ0n) is 44.9. The van der Waals surface area contributed by atoms with Crippen molar-refractivity contribution < 1.29 is 49.8 Å². The van der Waals surface area contributed by atoms with Crippen molar-refractivity contribution in [3.05, 3.63) is 82.8 Å². The maximum absolute atomic E-state index is 15.2. The van der Waals surface area contributed by atoms with Gasteiger partial charge in [-0.15, -0.1) is 5.92 Å². The molecule has 0 bridgehead atoms. The minimum absolute atomic E-state index is 0.0247. The van der Waals surface area contributed by atoms with E-state index < -0.39 is 75.9 Å². The Balaban J connectivity index is 1.12. The van der Waals surface area contributed by atoms with Crippen LogP contribution in [-0.2, 0) is 25.7 Å². The van der Waals surface area contributed by atoms with Crippen molar-refractivity contribution in [3.63, 3.8) is 0 Å². The number of nitrogens with two attached hydrogens (primary N) is 1. The lowest BCUT2D eigenvalue weighted by atomic mass is 9.44. The molecule has 1 aromatic carbocycles. The second-order valence-electron chi connectivity index (χ2n) is 25.3. The Morgan fingerprint density at radius 2 is 1.76 bits per heavy atom. The van der Waals surface area contributed by atoms with Crippen LogP contribution in [-0.4, -0.2) is 115 Å². The van der Waals surface area contributed by atoms with Crippen LogP contribution in [0.15, 0.2) is 76.7 Å². The number of aliphatic imine (C=N–C) groups is 1. The molecule has 76 heavy (non-hydrogen) atoms. The SMILES string of the molecule is CC(=O)CNC1=C2C(CCC3(CCNC(N)=NCc4ccccc4)C4C(CC#CC(C5COC(=O)C5c5cc[nH]c5)CC5C6CC(C)CCC6=CCC5C(CO)CC(O)C4(C)O)CC23O)C2(C)CC(O)C(O)CC2C1=O. The molecule has 412 valence electrons. The van der Waals surface area contributed by atoms with Crippen molar-refractivity contribution in [2.75, 3.05) is 26.3 Å². The molecule has 10 rings (SSSR count). The molecule has 0 spiro atoms. The highest BCUT2D eigenvalue weighted by atomic mass is 16.5. The molecule has 19 unspecified atom stereocenters. The van der Waals surface area contributed by atoms with Crippen molar-refractivity contribution in [1.29, 1.82) is 0 Å². The number of aromatic amines is 1. The van der Waals surface area contributed by atoms with E-state index in [-0.39, 0.29) is 124 Å². The van der Waals surface area contributed by atoms with E-state index >= 15 is 4.79 Å². The van der Waals surface area contributed by atoms with Crippen molar-refractivity contribution in [2.24, 2.45) is 86.7 Å². The monoisotopic (exact) mass is 1050 g/mol. The number of ketones is 2. The number of aliphatic hydroxyl groups excluding tert-OH is 4. The topological polar surface area (TPSA) is 260 Å². The molecular weight excluding hydrogens is 963 g/mol. The number of hydrogen-bond acceptors (Lipinski definition) is 12. The lowest BCUT2D eigenvalue weighted by Gasteiger charge is -2.62. The molecule has 1 aromatic heterocycles. The van der Waals surface area contributed by atoms with E-state index in [1.165, 1.54) is 12.5 Å². The van der Waals surface area contributed by atoms with Gasteiger partial charge in [0.25, 0.3) is 0 Å². The lowest BCUT2D eigenvalue weighted by Crippen LogP contribution is -2.66. The van der Waals surface area contributed by atoms with Crippen LogP contribution in [0.3, 0.4) is 0 Å². The van der Waals surface area contributed by atoms with E-state index in [0.29, 0.717) is 43.7 Å². The molecule has 0 radical (unpaired) electrons. The first-order chi connectivity index (χ1) is 36.3. The first kappa shape index (κ1) is 54.5. The van der Waals surface area contributed by atoms with E-state index in [1.54, 1.807) is 6.92 Å². The number of Topliss-reactive ketones (excluding diaryl/α,β-unsaturated/α-hetero) is 2. The highest BCUT2D eigenvalue weighted by molar-refractivity contribution is 6.00. The van der Waals surface area contributed by atoms with E-state index in [9.17, 15) is 40.2 Å². The van der Waals surface area contributed by atoms with Crippen molar-refractivity contribution in [2.45, 2.75) is 153 Å². The van der Waals surface area contributed by atoms with Crippen LogP contribution in [0.25, 0.3) is 0 Å². The van der Waals surface area contributed by atoms with E-state index in [2.05, 4.69) is 45.5 Å². The minimum Gasteiger partial charge on any atom is -0.465 e. The quantitative estimate of drug-likeness (QED) is 0.0457. The number of nitrogens with zero attached hydrogens (tertiary/aromatic N) is 1. The molecule has 15 nitrogen and oxygen atoms in total. The average Bonchev–Trinajstić information content (AvgIpc) is 4.29. The zero-order valence-corrected chi connectivity index (χ0v) is 44.9. The van der Waals surface area contributed by atoms with E-state index in [4.69, 9.17) is 10.5 Å². The van der Waals surface area contributed by atoms with Crippen LogP contribution in [0.1, 0.15) is 128 Å². The summed E-state index contributed by atoms with van der Waals surface area (Å²) in [6, 6.07) is 11.7. The number of cyclic esters (lactones) is 1. The van der Waals surface area contributed by atoms with Gasteiger partial charge in [0.05, 0.1) is 60.8 Å². The molecule has 15 heteroatoms. The number of aromatic nitrogens is 1. The number of allylic oxidation sites excluding steroid dienone is 3. The molecule has 0 amide bonds. The van der Waals surface area contributed by atoms with Crippen molar-refractivity contribution in [1.82, 2.24) is 15.6 Å². The number of carbonyl (C=O) groups is 3. The molecule has 7 aliphatic carbocycles. The van der Waals surface area contributed by atoms with Crippen LogP contribution in [0.4, 0.5) is 0 Å². The first-order valence-electron chi connectivity index (χ1n) is 28.5. The largest absolute Gasteiger partial charge is 0.465 e. The predicted octanol–water partition coefficient (Wildman–Crippen LogP) is 5.21. The number of aliphatic hydroxyl groups is 6. The highest BCUT2D eigenvalue weighted by Gasteiger charge is 2.74. The fourth-order valence-electron chi connectivity index (χ4n) is 17.4. The van der Waals surface area contributed by atoms with Crippen LogP contribution in [0, 0.1) is 87.8 Å². The first-order valence-corrected chi connectivity index (χ1v) is 28.5. The standard InChI is InChI=1S/C61H83N5O10/c1-34-13-14-37-15-16-42-41(32-67)25-50(71)59(4,74)55-39(12-8-11-38(24-44(42)43(37)23-34)45-33-76-56(73)51(45)40-18-21-63-31-40)27-61(75)52-46(17-19-60(55,61)20-22-64-57(62)66-30-36-9-6-5-7-10-36)58(3)28-49(70)48(69)26-47(58)54(72)53(52)65-29-35(2)68/h5-7,9-10,15,18,21,31,34,38-39,41-51,55,63,65,67,69-71,74-75H,12-14,16-17,19-20,22-30,32-33H2,1-4H3,(H3,62,64,66). The Morgan fingerprint density at radius 1 is 0.974 bits per heavy atom. The van der Waals surface area contributed by atoms with Gasteiger partial charge >= 0.3 is 5.97 Å². The molecular formula is C61H83N5O10. The van der Waals surface area contributed by atoms with Crippen LogP contribution in [0.5, 0.6) is 0 Å². The summed E-state index contributed by atoms with van der Waals surface area (Å²) in [6.45, 7) is 7.73. The summed E-state index contributed by atoms with van der Waals surface area (Å²) in [4.78, 5) is 49.6. The van der Waals surface area contributed by atoms with Crippen molar-refractivity contribution >= 4 is 23.5 Å². The zero-order chi connectivity index (χ0) is 53.9. The van der Waals surface area contributed by atoms with Crippen LogP contribution >= 0.6 is 0 Å². The van der Waals surface area contributed by atoms with Gasteiger partial charge < -0.3 is 56.7 Å². The van der Waals surface area contributed by atoms with Crippen LogP contribution in [0.2, 0.25) is 0 Å². The summed E-state index contributed by atoms with van der Waals surface area (Å²) < 4.78 is 5.92. The molecule has 11 N–H and O–H groups in total. The summed E-state index contributed by atoms with van der Waals surface area (Å²) in [5.41, 5.74) is 4.56. The minimum atomic E-state index is -1.89. The van der Waals surface area contributed by atoms with Crippen LogP contribution < -0.4 is 16.4 Å². The summed E-state index contributed by atoms with van der Waals surface area (Å²) in [7, 11) is 0. The van der Waals surface area contributed by atoms with Gasteiger partial charge in [-0.1, -0.05) is 61.7 Å². The summed E-state index contributed by atoms with van der Waals surface area (Å²) in [6.07, 6.45) is 8.39. The van der Waals surface area contributed by atoms with Gasteiger partial charge in [-0.25, -0.2) is 4.99 Å². The lowest BCUT2D eigenvalue weighted by molar-refractivity contribution is -0.191. The van der Waals surface area contributed by atoms with Crippen molar-refractivity contribution in [3.8, 4) is 11.8 Å². The number of nitrogens with one attached hydrogen (secondary N) is 3. The van der Waals surface area contributed by atoms with E-state index in [1.807, 2.05) is 55.7 Å².